The fraction of sp³-hybridized carbons (Fsp3) is 0.353. The van der Waals surface area contributed by atoms with Crippen molar-refractivity contribution in [2.45, 2.75) is 40.0 Å². The van der Waals surface area contributed by atoms with E-state index in [1.54, 1.807) is 13.0 Å². The summed E-state index contributed by atoms with van der Waals surface area (Å²) in [5.74, 6) is -0.894. The maximum atomic E-state index is 11.2. The zero-order valence-electron chi connectivity index (χ0n) is 12.7. The minimum atomic E-state index is -0.894. The van der Waals surface area contributed by atoms with Crippen molar-refractivity contribution >= 4 is 5.97 Å². The molecule has 0 spiro atoms. The standard InChI is InChI=1S/C17H21NO2/c1-10-6-7-12(17(3,4)5)8-13(10)15-9-14(16(19)20)11(2)18-15/h6-9,18H,1-5H3,(H,19,20). The first kappa shape index (κ1) is 14.4. The van der Waals surface area contributed by atoms with Crippen LogP contribution < -0.4 is 0 Å². The molecule has 3 heteroatoms. The summed E-state index contributed by atoms with van der Waals surface area (Å²) in [7, 11) is 0. The van der Waals surface area contributed by atoms with Crippen LogP contribution in [-0.2, 0) is 5.41 Å². The van der Waals surface area contributed by atoms with E-state index in [4.69, 9.17) is 5.11 Å². The maximum Gasteiger partial charge on any atom is 0.337 e. The van der Waals surface area contributed by atoms with Crippen LogP contribution in [0.1, 0.15) is 48.0 Å². The first-order valence-corrected chi connectivity index (χ1v) is 6.74. The highest BCUT2D eigenvalue weighted by Crippen LogP contribution is 2.30. The second kappa shape index (κ2) is 4.82. The molecule has 20 heavy (non-hydrogen) atoms. The molecule has 1 heterocycles. The SMILES string of the molecule is Cc1ccc(C(C)(C)C)cc1-c1cc(C(=O)O)c(C)[nH]1. The third-order valence-electron chi connectivity index (χ3n) is 3.64. The molecule has 2 N–H and O–H groups in total. The van der Waals surface area contributed by atoms with Gasteiger partial charge in [0.05, 0.1) is 5.56 Å². The second-order valence-electron chi connectivity index (χ2n) is 6.31. The van der Waals surface area contributed by atoms with Gasteiger partial charge in [-0.05, 0) is 42.5 Å². The molecule has 0 aliphatic heterocycles. The Bertz CT molecular complexity index is 660. The minimum absolute atomic E-state index is 0.0692. The topological polar surface area (TPSA) is 53.1 Å². The van der Waals surface area contributed by atoms with Gasteiger partial charge in [-0.3, -0.25) is 0 Å². The molecule has 0 amide bonds. The summed E-state index contributed by atoms with van der Waals surface area (Å²) in [5.41, 5.74) is 5.39. The Morgan fingerprint density at radius 1 is 1.15 bits per heavy atom. The quantitative estimate of drug-likeness (QED) is 0.855. The Morgan fingerprint density at radius 2 is 1.80 bits per heavy atom. The van der Waals surface area contributed by atoms with Crippen molar-refractivity contribution in [1.82, 2.24) is 4.98 Å². The highest BCUT2D eigenvalue weighted by Gasteiger charge is 2.17. The monoisotopic (exact) mass is 271 g/mol. The second-order valence-corrected chi connectivity index (χ2v) is 6.31. The van der Waals surface area contributed by atoms with E-state index in [2.05, 4.69) is 44.0 Å². The largest absolute Gasteiger partial charge is 0.478 e. The molecule has 0 atom stereocenters. The number of carboxylic acids is 1. The third kappa shape index (κ3) is 2.62. The number of aromatic carboxylic acids is 1. The van der Waals surface area contributed by atoms with E-state index in [1.807, 2.05) is 6.92 Å². The Balaban J connectivity index is 2.57. The Kier molecular flexibility index (Phi) is 3.46. The number of aromatic nitrogens is 1. The van der Waals surface area contributed by atoms with Gasteiger partial charge in [0, 0.05) is 17.0 Å². The molecule has 0 saturated carbocycles. The molecule has 1 aromatic heterocycles. The van der Waals surface area contributed by atoms with E-state index in [0.717, 1.165) is 16.8 Å². The van der Waals surface area contributed by atoms with Gasteiger partial charge in [0.15, 0.2) is 0 Å². The van der Waals surface area contributed by atoms with Crippen LogP contribution in [0.25, 0.3) is 11.3 Å². The molecule has 106 valence electrons. The number of carbonyl (C=O) groups is 1. The van der Waals surface area contributed by atoms with E-state index in [9.17, 15) is 4.79 Å². The van der Waals surface area contributed by atoms with Crippen molar-refractivity contribution in [3.63, 3.8) is 0 Å². The molecule has 0 bridgehead atoms. The molecular weight excluding hydrogens is 250 g/mol. The van der Waals surface area contributed by atoms with E-state index in [0.29, 0.717) is 11.3 Å². The maximum absolute atomic E-state index is 11.2. The first-order valence-electron chi connectivity index (χ1n) is 6.74. The molecule has 0 fully saturated rings. The number of H-pyrrole nitrogens is 1. The Hall–Kier alpha value is -2.03. The van der Waals surface area contributed by atoms with Crippen molar-refractivity contribution in [3.05, 3.63) is 46.6 Å². The van der Waals surface area contributed by atoms with E-state index in [-0.39, 0.29) is 5.41 Å². The zero-order valence-corrected chi connectivity index (χ0v) is 12.7. The number of hydrogen-bond donors (Lipinski definition) is 2. The summed E-state index contributed by atoms with van der Waals surface area (Å²) >= 11 is 0. The summed E-state index contributed by atoms with van der Waals surface area (Å²) in [6.45, 7) is 10.3. The van der Waals surface area contributed by atoms with Crippen LogP contribution in [-0.4, -0.2) is 16.1 Å². The van der Waals surface area contributed by atoms with Crippen LogP contribution in [0.15, 0.2) is 24.3 Å². The van der Waals surface area contributed by atoms with Crippen molar-refractivity contribution < 1.29 is 9.90 Å². The third-order valence-corrected chi connectivity index (χ3v) is 3.64. The van der Waals surface area contributed by atoms with Crippen LogP contribution in [0.2, 0.25) is 0 Å². The molecule has 0 aliphatic carbocycles. The number of hydrogen-bond acceptors (Lipinski definition) is 1. The van der Waals surface area contributed by atoms with Gasteiger partial charge in [0.25, 0.3) is 0 Å². The van der Waals surface area contributed by atoms with Crippen LogP contribution in [0.5, 0.6) is 0 Å². The van der Waals surface area contributed by atoms with Gasteiger partial charge in [-0.15, -0.1) is 0 Å². The molecule has 0 unspecified atom stereocenters. The molecular formula is C17H21NO2. The molecule has 2 aromatic rings. The predicted octanol–water partition coefficient (Wildman–Crippen LogP) is 4.29. The normalized spacial score (nSPS) is 11.7. The smallest absolute Gasteiger partial charge is 0.337 e. The Labute approximate surface area is 119 Å². The van der Waals surface area contributed by atoms with Gasteiger partial charge >= 0.3 is 5.97 Å². The van der Waals surface area contributed by atoms with E-state index in [1.165, 1.54) is 5.56 Å². The van der Waals surface area contributed by atoms with Gasteiger partial charge in [-0.1, -0.05) is 32.9 Å². The molecule has 0 aliphatic rings. The van der Waals surface area contributed by atoms with Gasteiger partial charge in [0.1, 0.15) is 0 Å². The summed E-state index contributed by atoms with van der Waals surface area (Å²) in [4.78, 5) is 14.3. The average Bonchev–Trinajstić information content (AvgIpc) is 2.70. The van der Waals surface area contributed by atoms with Crippen molar-refractivity contribution in [2.24, 2.45) is 0 Å². The van der Waals surface area contributed by atoms with Crippen LogP contribution in [0.3, 0.4) is 0 Å². The van der Waals surface area contributed by atoms with Crippen LogP contribution in [0.4, 0.5) is 0 Å². The number of aryl methyl sites for hydroxylation is 2. The summed E-state index contributed by atoms with van der Waals surface area (Å²) < 4.78 is 0. The summed E-state index contributed by atoms with van der Waals surface area (Å²) in [6.07, 6.45) is 0. The lowest BCUT2D eigenvalue weighted by atomic mass is 9.85. The van der Waals surface area contributed by atoms with Crippen LogP contribution >= 0.6 is 0 Å². The van der Waals surface area contributed by atoms with Gasteiger partial charge in [0.2, 0.25) is 0 Å². The number of rotatable bonds is 2. The predicted molar refractivity (Wildman–Crippen MR) is 81.4 cm³/mol. The molecule has 1 aromatic carbocycles. The van der Waals surface area contributed by atoms with Crippen molar-refractivity contribution in [2.75, 3.05) is 0 Å². The zero-order chi connectivity index (χ0) is 15.1. The van der Waals surface area contributed by atoms with E-state index >= 15 is 0 Å². The van der Waals surface area contributed by atoms with Crippen LogP contribution in [0, 0.1) is 13.8 Å². The number of carboxylic acid groups (broad SMARTS) is 1. The van der Waals surface area contributed by atoms with Crippen molar-refractivity contribution in [3.8, 4) is 11.3 Å². The van der Waals surface area contributed by atoms with Gasteiger partial charge in [-0.25, -0.2) is 4.79 Å². The summed E-state index contributed by atoms with van der Waals surface area (Å²) in [5, 5.41) is 9.16. The highest BCUT2D eigenvalue weighted by molar-refractivity contribution is 5.91. The number of benzene rings is 1. The van der Waals surface area contributed by atoms with E-state index < -0.39 is 5.97 Å². The lowest BCUT2D eigenvalue weighted by Crippen LogP contribution is -2.11. The first-order chi connectivity index (χ1) is 9.20. The number of nitrogens with one attached hydrogen (secondary N) is 1. The lowest BCUT2D eigenvalue weighted by molar-refractivity contribution is 0.0696. The average molecular weight is 271 g/mol. The fourth-order valence-electron chi connectivity index (χ4n) is 2.30. The summed E-state index contributed by atoms with van der Waals surface area (Å²) in [6, 6.07) is 8.08. The van der Waals surface area contributed by atoms with Crippen molar-refractivity contribution in [1.29, 1.82) is 0 Å². The Morgan fingerprint density at radius 3 is 2.30 bits per heavy atom. The number of aromatic amines is 1. The molecule has 0 radical (unpaired) electrons. The molecule has 2 rings (SSSR count). The fourth-order valence-corrected chi connectivity index (χ4v) is 2.30. The minimum Gasteiger partial charge on any atom is -0.478 e. The molecule has 3 nitrogen and oxygen atoms in total. The lowest BCUT2D eigenvalue weighted by Gasteiger charge is -2.20. The molecule has 0 saturated heterocycles. The van der Waals surface area contributed by atoms with Gasteiger partial charge < -0.3 is 10.1 Å². The highest BCUT2D eigenvalue weighted by atomic mass is 16.4. The van der Waals surface area contributed by atoms with Gasteiger partial charge in [-0.2, -0.15) is 0 Å².